The van der Waals surface area contributed by atoms with Gasteiger partial charge in [0.1, 0.15) is 5.82 Å². The van der Waals surface area contributed by atoms with Crippen LogP contribution in [0.5, 0.6) is 0 Å². The predicted octanol–water partition coefficient (Wildman–Crippen LogP) is 1.62. The molecule has 1 rings (SSSR count). The molecule has 78 valence electrons. The normalized spacial score (nSPS) is 11.5. The molecule has 0 aromatic carbocycles. The lowest BCUT2D eigenvalue weighted by Gasteiger charge is -2.24. The van der Waals surface area contributed by atoms with Gasteiger partial charge in [0, 0.05) is 11.8 Å². The lowest BCUT2D eigenvalue weighted by molar-refractivity contribution is 0.234. The summed E-state index contributed by atoms with van der Waals surface area (Å²) < 4.78 is 0. The van der Waals surface area contributed by atoms with Crippen molar-refractivity contribution >= 4 is 17.4 Å². The molecular weight excluding hydrogens is 202 g/mol. The van der Waals surface area contributed by atoms with Gasteiger partial charge in [-0.1, -0.05) is 0 Å². The number of aliphatic hydroxyl groups is 1. The zero-order valence-corrected chi connectivity index (χ0v) is 9.26. The van der Waals surface area contributed by atoms with Gasteiger partial charge < -0.3 is 10.4 Å². The minimum Gasteiger partial charge on any atom is -0.394 e. The lowest BCUT2D eigenvalue weighted by atomic mass is 10.1. The van der Waals surface area contributed by atoms with Gasteiger partial charge in [-0.2, -0.15) is 0 Å². The van der Waals surface area contributed by atoms with Crippen molar-refractivity contribution in [2.24, 2.45) is 0 Å². The average molecular weight is 216 g/mol. The standard InChI is InChI=1S/C9H14ClN3O/c1-6-4-7(12-8(10)11-6)13-9(2,3)5-14/h4,14H,5H2,1-3H3,(H,11,12,13). The Morgan fingerprint density at radius 1 is 1.50 bits per heavy atom. The van der Waals surface area contributed by atoms with E-state index in [1.165, 1.54) is 0 Å². The molecule has 5 heteroatoms. The first kappa shape index (κ1) is 11.2. The number of halogens is 1. The highest BCUT2D eigenvalue weighted by Gasteiger charge is 2.16. The Labute approximate surface area is 88.3 Å². The first-order valence-corrected chi connectivity index (χ1v) is 4.71. The number of hydrogen-bond donors (Lipinski definition) is 2. The molecule has 0 spiro atoms. The molecule has 1 aromatic heterocycles. The Morgan fingerprint density at radius 2 is 2.14 bits per heavy atom. The van der Waals surface area contributed by atoms with Crippen molar-refractivity contribution in [2.75, 3.05) is 11.9 Å². The highest BCUT2D eigenvalue weighted by Crippen LogP contribution is 2.14. The predicted molar refractivity (Wildman–Crippen MR) is 56.6 cm³/mol. The van der Waals surface area contributed by atoms with Crippen molar-refractivity contribution in [1.82, 2.24) is 9.97 Å². The van der Waals surface area contributed by atoms with Crippen LogP contribution in [0.15, 0.2) is 6.07 Å². The van der Waals surface area contributed by atoms with E-state index in [2.05, 4.69) is 15.3 Å². The summed E-state index contributed by atoms with van der Waals surface area (Å²) >= 11 is 5.70. The third kappa shape index (κ3) is 3.12. The van der Waals surface area contributed by atoms with E-state index >= 15 is 0 Å². The largest absolute Gasteiger partial charge is 0.394 e. The van der Waals surface area contributed by atoms with Crippen molar-refractivity contribution in [3.63, 3.8) is 0 Å². The molecular formula is C9H14ClN3O. The van der Waals surface area contributed by atoms with Crippen LogP contribution in [-0.4, -0.2) is 27.2 Å². The third-order valence-corrected chi connectivity index (χ3v) is 1.86. The van der Waals surface area contributed by atoms with Crippen LogP contribution < -0.4 is 5.32 Å². The maximum atomic E-state index is 9.06. The van der Waals surface area contributed by atoms with Crippen LogP contribution in [0.2, 0.25) is 5.28 Å². The average Bonchev–Trinajstić information content (AvgIpc) is 2.01. The lowest BCUT2D eigenvalue weighted by Crippen LogP contribution is -2.35. The molecule has 0 atom stereocenters. The fraction of sp³-hybridized carbons (Fsp3) is 0.556. The number of hydrogen-bond acceptors (Lipinski definition) is 4. The molecule has 0 aliphatic rings. The molecule has 0 radical (unpaired) electrons. The van der Waals surface area contributed by atoms with Gasteiger partial charge in [-0.3, -0.25) is 0 Å². The number of nitrogens with one attached hydrogen (secondary N) is 1. The van der Waals surface area contributed by atoms with E-state index in [1.807, 2.05) is 20.8 Å². The quantitative estimate of drug-likeness (QED) is 0.753. The first-order valence-electron chi connectivity index (χ1n) is 4.33. The Balaban J connectivity index is 2.87. The molecule has 0 bridgehead atoms. The molecule has 1 heterocycles. The molecule has 0 aliphatic carbocycles. The van der Waals surface area contributed by atoms with Gasteiger partial charge in [0.15, 0.2) is 0 Å². The number of nitrogens with zero attached hydrogens (tertiary/aromatic N) is 2. The topological polar surface area (TPSA) is 58.0 Å². The molecule has 0 fully saturated rings. The van der Waals surface area contributed by atoms with E-state index in [1.54, 1.807) is 6.07 Å². The Bertz CT molecular complexity index is 308. The molecule has 4 nitrogen and oxygen atoms in total. The highest BCUT2D eigenvalue weighted by atomic mass is 35.5. The van der Waals surface area contributed by atoms with Gasteiger partial charge in [0.05, 0.1) is 12.1 Å². The smallest absolute Gasteiger partial charge is 0.224 e. The maximum absolute atomic E-state index is 9.06. The van der Waals surface area contributed by atoms with E-state index in [-0.39, 0.29) is 11.9 Å². The minimum atomic E-state index is -0.413. The fourth-order valence-electron chi connectivity index (χ4n) is 0.983. The Kier molecular flexibility index (Phi) is 3.29. The second-order valence-corrected chi connectivity index (χ2v) is 4.17. The first-order chi connectivity index (χ1) is 6.43. The van der Waals surface area contributed by atoms with Gasteiger partial charge in [0.25, 0.3) is 0 Å². The van der Waals surface area contributed by atoms with E-state index in [9.17, 15) is 0 Å². The van der Waals surface area contributed by atoms with Crippen molar-refractivity contribution in [3.05, 3.63) is 17.0 Å². The number of aromatic nitrogens is 2. The molecule has 0 saturated heterocycles. The van der Waals surface area contributed by atoms with Crippen LogP contribution in [0, 0.1) is 6.92 Å². The summed E-state index contributed by atoms with van der Waals surface area (Å²) in [5.41, 5.74) is 0.380. The maximum Gasteiger partial charge on any atom is 0.224 e. The summed E-state index contributed by atoms with van der Waals surface area (Å²) in [4.78, 5) is 7.94. The van der Waals surface area contributed by atoms with Gasteiger partial charge in [-0.05, 0) is 32.4 Å². The second-order valence-electron chi connectivity index (χ2n) is 3.83. The zero-order chi connectivity index (χ0) is 10.8. The molecule has 0 amide bonds. The highest BCUT2D eigenvalue weighted by molar-refractivity contribution is 6.28. The van der Waals surface area contributed by atoms with Crippen LogP contribution >= 0.6 is 11.6 Å². The number of aliphatic hydroxyl groups excluding tert-OH is 1. The molecule has 0 saturated carbocycles. The second kappa shape index (κ2) is 4.11. The van der Waals surface area contributed by atoms with Crippen LogP contribution in [0.1, 0.15) is 19.5 Å². The number of aryl methyl sites for hydroxylation is 1. The number of anilines is 1. The van der Waals surface area contributed by atoms with Crippen LogP contribution in [-0.2, 0) is 0 Å². The minimum absolute atomic E-state index is 0.0215. The van der Waals surface area contributed by atoms with Crippen molar-refractivity contribution in [2.45, 2.75) is 26.3 Å². The summed E-state index contributed by atoms with van der Waals surface area (Å²) in [6.45, 7) is 5.61. The summed E-state index contributed by atoms with van der Waals surface area (Å²) in [5, 5.41) is 12.3. The van der Waals surface area contributed by atoms with Gasteiger partial charge in [-0.25, -0.2) is 9.97 Å². The molecule has 2 N–H and O–H groups in total. The summed E-state index contributed by atoms with van der Waals surface area (Å²) in [7, 11) is 0. The molecule has 1 aromatic rings. The zero-order valence-electron chi connectivity index (χ0n) is 8.50. The Morgan fingerprint density at radius 3 is 2.64 bits per heavy atom. The SMILES string of the molecule is Cc1cc(NC(C)(C)CO)nc(Cl)n1. The third-order valence-electron chi connectivity index (χ3n) is 1.69. The molecule has 14 heavy (non-hydrogen) atoms. The van der Waals surface area contributed by atoms with Crippen molar-refractivity contribution < 1.29 is 5.11 Å². The summed E-state index contributed by atoms with van der Waals surface area (Å²) in [6.07, 6.45) is 0. The van der Waals surface area contributed by atoms with Crippen LogP contribution in [0.4, 0.5) is 5.82 Å². The Hall–Kier alpha value is -0.870. The van der Waals surface area contributed by atoms with Crippen molar-refractivity contribution in [3.8, 4) is 0 Å². The fourth-order valence-corrected chi connectivity index (χ4v) is 1.21. The van der Waals surface area contributed by atoms with Crippen LogP contribution in [0.25, 0.3) is 0 Å². The van der Waals surface area contributed by atoms with E-state index < -0.39 is 5.54 Å². The van der Waals surface area contributed by atoms with Crippen LogP contribution in [0.3, 0.4) is 0 Å². The van der Waals surface area contributed by atoms with Gasteiger partial charge in [0.2, 0.25) is 5.28 Å². The van der Waals surface area contributed by atoms with E-state index in [0.29, 0.717) is 5.82 Å². The van der Waals surface area contributed by atoms with E-state index in [0.717, 1.165) is 5.69 Å². The van der Waals surface area contributed by atoms with Gasteiger partial charge in [-0.15, -0.1) is 0 Å². The van der Waals surface area contributed by atoms with Gasteiger partial charge >= 0.3 is 0 Å². The summed E-state index contributed by atoms with van der Waals surface area (Å²) in [6, 6.07) is 1.78. The number of rotatable bonds is 3. The molecule has 0 unspecified atom stereocenters. The summed E-state index contributed by atoms with van der Waals surface area (Å²) in [5.74, 6) is 0.626. The van der Waals surface area contributed by atoms with E-state index in [4.69, 9.17) is 16.7 Å². The monoisotopic (exact) mass is 215 g/mol. The molecule has 0 aliphatic heterocycles. The van der Waals surface area contributed by atoms with Crippen molar-refractivity contribution in [1.29, 1.82) is 0 Å².